The first-order chi connectivity index (χ1) is 14.0. The molecule has 10 heteroatoms. The third-order valence-corrected chi connectivity index (χ3v) is 7.40. The second-order valence-corrected chi connectivity index (χ2v) is 11.3. The molecular formula is C22H40BF3O5S. The van der Waals surface area contributed by atoms with Crippen molar-refractivity contribution in [2.24, 2.45) is 11.8 Å². The topological polar surface area (TPSA) is 61.8 Å². The second-order valence-electron chi connectivity index (χ2n) is 9.78. The summed E-state index contributed by atoms with van der Waals surface area (Å²) >= 11 is 0. The van der Waals surface area contributed by atoms with E-state index in [1.165, 1.54) is 24.4 Å². The summed E-state index contributed by atoms with van der Waals surface area (Å²) in [5.74, 6) is 1.06. The summed E-state index contributed by atoms with van der Waals surface area (Å²) in [5.41, 5.74) is -4.42. The molecule has 0 radical (unpaired) electrons. The zero-order valence-corrected chi connectivity index (χ0v) is 20.0. The van der Waals surface area contributed by atoms with Crippen LogP contribution in [0.1, 0.15) is 88.9 Å². The molecule has 5 nitrogen and oxygen atoms in total. The molecular weight excluding hydrogens is 444 g/mol. The van der Waals surface area contributed by atoms with Crippen molar-refractivity contribution < 1.29 is 36.5 Å². The summed E-state index contributed by atoms with van der Waals surface area (Å²) in [6.07, 6.45) is 8.68. The maximum absolute atomic E-state index is 11.9. The molecule has 1 fully saturated rings. The van der Waals surface area contributed by atoms with E-state index in [1.807, 2.05) is 6.92 Å². The molecule has 0 N–H and O–H groups in total. The van der Waals surface area contributed by atoms with E-state index >= 15 is 0 Å². The second kappa shape index (κ2) is 10.5. The molecule has 0 bridgehead atoms. The van der Waals surface area contributed by atoms with Crippen molar-refractivity contribution in [2.75, 3.05) is 0 Å². The highest BCUT2D eigenvalue weighted by molar-refractivity contribution is 7.87. The molecule has 3 rings (SSSR count). The van der Waals surface area contributed by atoms with Gasteiger partial charge in [0.15, 0.2) is 0 Å². The molecule has 0 aromatic heterocycles. The van der Waals surface area contributed by atoms with Crippen LogP contribution in [0.2, 0.25) is 0 Å². The molecule has 2 aliphatic carbocycles. The Labute approximate surface area is 193 Å². The Balaban J connectivity index is 0.000000587. The van der Waals surface area contributed by atoms with E-state index in [0.29, 0.717) is 18.8 Å². The number of halogens is 3. The lowest BCUT2D eigenvalue weighted by atomic mass is 9.71. The Kier molecular flexibility index (Phi) is 9.54. The highest BCUT2D eigenvalue weighted by Gasteiger charge is 2.52. The Hall–Kier alpha value is -0.995. The van der Waals surface area contributed by atoms with Gasteiger partial charge in [-0.05, 0) is 83.2 Å². The van der Waals surface area contributed by atoms with Gasteiger partial charge in [0.1, 0.15) is 5.76 Å². The fraction of sp³-hybridized carbons (Fsp3) is 0.818. The van der Waals surface area contributed by atoms with Gasteiger partial charge in [0.2, 0.25) is 0 Å². The standard InChI is InChI=1S/C13H23BO2.C8H11F3O3S.CH4.H2/c1-10-6-8-11(9-7-10)14-15-12(2,3)13(4,5)16-14;1-6-2-4-7(5-3-6)14-15(12,13)8(9,10)11;;/h8,10H,6-7,9H2,1-5H3;4,6H,2-3,5H2,1H3;1H4;1H/i;;;1+1. The van der Waals surface area contributed by atoms with Crippen molar-refractivity contribution in [3.63, 3.8) is 0 Å². The van der Waals surface area contributed by atoms with Crippen LogP contribution in [0.15, 0.2) is 23.4 Å². The van der Waals surface area contributed by atoms with Crippen molar-refractivity contribution in [1.82, 2.24) is 0 Å². The SMILES string of the molecule is C.CC1CC=C(B2OC(C)(C)C(C)(C)O2)CC1.CC1CC=C(OS(=O)(=O)C(F)(F)F)CC1.[2HH]. The Morgan fingerprint density at radius 1 is 1.00 bits per heavy atom. The first-order valence-corrected chi connectivity index (χ1v) is 12.2. The van der Waals surface area contributed by atoms with E-state index in [4.69, 9.17) is 9.31 Å². The van der Waals surface area contributed by atoms with Crippen LogP contribution < -0.4 is 0 Å². The molecule has 0 aromatic rings. The van der Waals surface area contributed by atoms with Crippen molar-refractivity contribution in [3.05, 3.63) is 23.4 Å². The predicted octanol–water partition coefficient (Wildman–Crippen LogP) is 6.80. The summed E-state index contributed by atoms with van der Waals surface area (Å²) < 4.78 is 73.1. The Bertz CT molecular complexity index is 793. The average Bonchev–Trinajstić information content (AvgIpc) is 2.84. The van der Waals surface area contributed by atoms with Gasteiger partial charge in [0, 0.05) is 7.85 Å². The third kappa shape index (κ3) is 7.25. The van der Waals surface area contributed by atoms with Gasteiger partial charge in [-0.15, -0.1) is 0 Å². The molecule has 0 aromatic carbocycles. The summed E-state index contributed by atoms with van der Waals surface area (Å²) in [6, 6.07) is 0. The Morgan fingerprint density at radius 3 is 1.84 bits per heavy atom. The quantitative estimate of drug-likeness (QED) is 0.250. The van der Waals surface area contributed by atoms with Crippen LogP contribution in [0.3, 0.4) is 0 Å². The summed E-state index contributed by atoms with van der Waals surface area (Å²) in [4.78, 5) is 0. The third-order valence-electron chi connectivity index (χ3n) is 6.40. The number of alkyl halides is 3. The average molecular weight is 485 g/mol. The molecule has 1 saturated heterocycles. The van der Waals surface area contributed by atoms with Gasteiger partial charge in [0.05, 0.1) is 11.2 Å². The van der Waals surface area contributed by atoms with Gasteiger partial charge in [-0.3, -0.25) is 0 Å². The molecule has 2 atom stereocenters. The molecule has 1 heterocycles. The van der Waals surface area contributed by atoms with Crippen molar-refractivity contribution in [2.45, 2.75) is 104 Å². The van der Waals surface area contributed by atoms with Gasteiger partial charge in [-0.2, -0.15) is 21.6 Å². The van der Waals surface area contributed by atoms with Crippen molar-refractivity contribution in [3.8, 4) is 0 Å². The summed E-state index contributed by atoms with van der Waals surface area (Å²) in [5, 5.41) is 0. The van der Waals surface area contributed by atoms with Crippen LogP contribution >= 0.6 is 0 Å². The predicted molar refractivity (Wildman–Crippen MR) is 123 cm³/mol. The normalized spacial score (nSPS) is 27.3. The van der Waals surface area contributed by atoms with Gasteiger partial charge in [-0.1, -0.05) is 27.4 Å². The van der Waals surface area contributed by atoms with E-state index in [1.54, 1.807) is 0 Å². The van der Waals surface area contributed by atoms with Gasteiger partial charge in [0.25, 0.3) is 0 Å². The summed E-state index contributed by atoms with van der Waals surface area (Å²) in [6.45, 7) is 12.7. The largest absolute Gasteiger partial charge is 0.534 e. The minimum Gasteiger partial charge on any atom is -0.400 e. The van der Waals surface area contributed by atoms with Crippen molar-refractivity contribution in [1.29, 1.82) is 0 Å². The van der Waals surface area contributed by atoms with E-state index in [2.05, 4.69) is 44.9 Å². The van der Waals surface area contributed by atoms with Gasteiger partial charge < -0.3 is 13.5 Å². The fourth-order valence-electron chi connectivity index (χ4n) is 3.40. The molecule has 188 valence electrons. The van der Waals surface area contributed by atoms with Gasteiger partial charge >= 0.3 is 22.7 Å². The van der Waals surface area contributed by atoms with Gasteiger partial charge in [-0.25, -0.2) is 0 Å². The van der Waals surface area contributed by atoms with Crippen LogP contribution in [-0.4, -0.2) is 32.2 Å². The highest BCUT2D eigenvalue weighted by Crippen LogP contribution is 2.40. The number of hydrogen-bond donors (Lipinski definition) is 0. The molecule has 3 aliphatic rings. The molecule has 1 aliphatic heterocycles. The smallest absolute Gasteiger partial charge is 0.400 e. The monoisotopic (exact) mass is 485 g/mol. The van der Waals surface area contributed by atoms with Crippen molar-refractivity contribution >= 4 is 17.2 Å². The maximum Gasteiger partial charge on any atom is 0.534 e. The lowest BCUT2D eigenvalue weighted by Gasteiger charge is -2.32. The molecule has 0 saturated carbocycles. The highest BCUT2D eigenvalue weighted by atomic mass is 32.2. The Morgan fingerprint density at radius 2 is 1.47 bits per heavy atom. The minimum absolute atomic E-state index is 0. The number of allylic oxidation sites excluding steroid dienone is 4. The lowest BCUT2D eigenvalue weighted by Crippen LogP contribution is -2.41. The van der Waals surface area contributed by atoms with Crippen LogP contribution in [0.5, 0.6) is 0 Å². The lowest BCUT2D eigenvalue weighted by molar-refractivity contribution is -0.0524. The van der Waals surface area contributed by atoms with E-state index < -0.39 is 15.6 Å². The fourth-order valence-corrected chi connectivity index (χ4v) is 3.93. The maximum atomic E-state index is 11.9. The molecule has 32 heavy (non-hydrogen) atoms. The van der Waals surface area contributed by atoms with Crippen LogP contribution in [0, 0.1) is 11.8 Å². The van der Waals surface area contributed by atoms with Crippen LogP contribution in [0.4, 0.5) is 13.2 Å². The van der Waals surface area contributed by atoms with E-state index in [0.717, 1.165) is 12.3 Å². The minimum atomic E-state index is -5.48. The van der Waals surface area contributed by atoms with E-state index in [9.17, 15) is 21.6 Å². The molecule has 2 unspecified atom stereocenters. The zero-order chi connectivity index (χ0) is 23.7. The molecule has 0 spiro atoms. The summed E-state index contributed by atoms with van der Waals surface area (Å²) in [7, 11) is -5.60. The van der Waals surface area contributed by atoms with Crippen LogP contribution in [0.25, 0.3) is 0 Å². The van der Waals surface area contributed by atoms with E-state index in [-0.39, 0.29) is 39.4 Å². The first-order valence-electron chi connectivity index (χ1n) is 10.8. The first kappa shape index (κ1) is 29.0. The number of rotatable bonds is 3. The number of hydrogen-bond acceptors (Lipinski definition) is 5. The zero-order valence-electron chi connectivity index (χ0n) is 19.2. The molecule has 0 amide bonds. The van der Waals surface area contributed by atoms with Crippen LogP contribution in [-0.2, 0) is 23.6 Å².